The molecule has 0 aliphatic carbocycles. The largest absolute Gasteiger partial charge is 0.481 e. The van der Waals surface area contributed by atoms with E-state index < -0.39 is 5.97 Å². The zero-order valence-corrected chi connectivity index (χ0v) is 9.75. The minimum absolute atomic E-state index is 0.0540. The van der Waals surface area contributed by atoms with Gasteiger partial charge in [0.25, 0.3) is 0 Å². The van der Waals surface area contributed by atoms with E-state index >= 15 is 0 Å². The molecule has 0 atom stereocenters. The van der Waals surface area contributed by atoms with Crippen LogP contribution < -0.4 is 0 Å². The molecule has 0 saturated carbocycles. The number of carboxylic acids is 1. The zero-order valence-electron chi connectivity index (χ0n) is 9.00. The number of aliphatic carboxylic acids is 1. The van der Waals surface area contributed by atoms with Crippen molar-refractivity contribution < 1.29 is 14.7 Å². The number of carboxylic acid groups (broad SMARTS) is 1. The molecule has 1 N–H and O–H groups in total. The molecule has 0 aliphatic rings. The number of ketones is 1. The molecule has 0 amide bonds. The highest BCUT2D eigenvalue weighted by Crippen LogP contribution is 2.14. The van der Waals surface area contributed by atoms with Gasteiger partial charge in [0.1, 0.15) is 0 Å². The second kappa shape index (κ2) is 5.66. The molecule has 0 unspecified atom stereocenters. The molecule has 0 aliphatic heterocycles. The predicted molar refractivity (Wildman–Crippen MR) is 62.2 cm³/mol. The van der Waals surface area contributed by atoms with Gasteiger partial charge in [-0.15, -0.1) is 11.6 Å². The predicted octanol–water partition coefficient (Wildman–Crippen LogP) is 2.43. The first-order chi connectivity index (χ1) is 7.54. The van der Waals surface area contributed by atoms with Gasteiger partial charge in [-0.25, -0.2) is 0 Å². The highest BCUT2D eigenvalue weighted by Gasteiger charge is 2.09. The van der Waals surface area contributed by atoms with Gasteiger partial charge in [-0.05, 0) is 24.1 Å². The minimum atomic E-state index is -0.898. The Morgan fingerprint density at radius 2 is 2.06 bits per heavy atom. The number of carbonyl (C=O) groups excluding carboxylic acids is 1. The Labute approximate surface area is 99.0 Å². The van der Waals surface area contributed by atoms with E-state index in [0.717, 1.165) is 5.56 Å². The van der Waals surface area contributed by atoms with Crippen LogP contribution in [0.25, 0.3) is 0 Å². The molecule has 0 bridgehead atoms. The van der Waals surface area contributed by atoms with E-state index in [2.05, 4.69) is 0 Å². The molecule has 0 fully saturated rings. The first-order valence-corrected chi connectivity index (χ1v) is 5.48. The van der Waals surface area contributed by atoms with Crippen molar-refractivity contribution in [2.24, 2.45) is 0 Å². The number of hydrogen-bond donors (Lipinski definition) is 1. The van der Waals surface area contributed by atoms with E-state index in [1.807, 2.05) is 6.92 Å². The van der Waals surface area contributed by atoms with Crippen LogP contribution in [0.2, 0.25) is 0 Å². The molecular weight excluding hydrogens is 228 g/mol. The van der Waals surface area contributed by atoms with Gasteiger partial charge in [-0.3, -0.25) is 9.59 Å². The molecule has 86 valence electrons. The monoisotopic (exact) mass is 240 g/mol. The molecule has 16 heavy (non-hydrogen) atoms. The normalized spacial score (nSPS) is 10.1. The number of alkyl halides is 1. The summed E-state index contributed by atoms with van der Waals surface area (Å²) >= 11 is 5.49. The van der Waals surface area contributed by atoms with Gasteiger partial charge in [-0.1, -0.05) is 12.1 Å². The fraction of sp³-hybridized carbons (Fsp3) is 0.333. The average Bonchev–Trinajstić information content (AvgIpc) is 2.21. The third-order valence-electron chi connectivity index (χ3n) is 2.33. The van der Waals surface area contributed by atoms with Crippen molar-refractivity contribution >= 4 is 23.4 Å². The molecule has 1 aromatic carbocycles. The van der Waals surface area contributed by atoms with Gasteiger partial charge in [0.2, 0.25) is 0 Å². The first kappa shape index (κ1) is 12.7. The fourth-order valence-corrected chi connectivity index (χ4v) is 1.60. The summed E-state index contributed by atoms with van der Waals surface area (Å²) < 4.78 is 0. The summed E-state index contributed by atoms with van der Waals surface area (Å²) in [6.45, 7) is 1.83. The third-order valence-corrected chi connectivity index (χ3v) is 2.52. The summed E-state index contributed by atoms with van der Waals surface area (Å²) in [6, 6.07) is 5.10. The van der Waals surface area contributed by atoms with E-state index in [4.69, 9.17) is 16.7 Å². The van der Waals surface area contributed by atoms with Crippen LogP contribution in [0.5, 0.6) is 0 Å². The Kier molecular flexibility index (Phi) is 4.50. The topological polar surface area (TPSA) is 54.4 Å². The van der Waals surface area contributed by atoms with Crippen molar-refractivity contribution in [3.63, 3.8) is 0 Å². The van der Waals surface area contributed by atoms with E-state index in [1.54, 1.807) is 18.2 Å². The summed E-state index contributed by atoms with van der Waals surface area (Å²) in [6.07, 6.45) is 0.213. The molecule has 1 aromatic rings. The molecule has 4 heteroatoms. The van der Waals surface area contributed by atoms with E-state index in [1.165, 1.54) is 0 Å². The zero-order chi connectivity index (χ0) is 12.1. The molecule has 0 aromatic heterocycles. The van der Waals surface area contributed by atoms with Crippen molar-refractivity contribution in [2.75, 3.05) is 5.88 Å². The van der Waals surface area contributed by atoms with Gasteiger partial charge in [0, 0.05) is 17.9 Å². The second-order valence-corrected chi connectivity index (χ2v) is 3.95. The van der Waals surface area contributed by atoms with Crippen molar-refractivity contribution in [1.29, 1.82) is 0 Å². The number of carbonyl (C=O) groups is 2. The lowest BCUT2D eigenvalue weighted by Gasteiger charge is -2.05. The van der Waals surface area contributed by atoms with Crippen molar-refractivity contribution in [3.8, 4) is 0 Å². The van der Waals surface area contributed by atoms with Gasteiger partial charge in [0.05, 0.1) is 6.42 Å². The highest BCUT2D eigenvalue weighted by molar-refractivity contribution is 6.19. The number of Topliss-reactive ketones (excluding diaryl/α,β-unsaturated/α-hetero) is 1. The number of hydrogen-bond acceptors (Lipinski definition) is 2. The van der Waals surface area contributed by atoms with E-state index in [0.29, 0.717) is 11.1 Å². The maximum absolute atomic E-state index is 11.6. The van der Waals surface area contributed by atoms with Gasteiger partial charge < -0.3 is 5.11 Å². The van der Waals surface area contributed by atoms with Crippen molar-refractivity contribution in [2.45, 2.75) is 19.8 Å². The SMILES string of the molecule is Cc1ccc(C(=O)CCCl)cc1CC(=O)O. The summed E-state index contributed by atoms with van der Waals surface area (Å²) in [5, 5.41) is 8.72. The lowest BCUT2D eigenvalue weighted by Crippen LogP contribution is -2.05. The summed E-state index contributed by atoms with van der Waals surface area (Å²) in [5.41, 5.74) is 2.08. The van der Waals surface area contributed by atoms with Crippen LogP contribution >= 0.6 is 11.6 Å². The lowest BCUT2D eigenvalue weighted by molar-refractivity contribution is -0.136. The van der Waals surface area contributed by atoms with Gasteiger partial charge in [0.15, 0.2) is 5.78 Å². The fourth-order valence-electron chi connectivity index (χ4n) is 1.43. The molecule has 1 rings (SSSR count). The Hall–Kier alpha value is -1.35. The Morgan fingerprint density at radius 3 is 2.62 bits per heavy atom. The van der Waals surface area contributed by atoms with Crippen LogP contribution in [0, 0.1) is 6.92 Å². The number of halogens is 1. The number of aryl methyl sites for hydroxylation is 1. The van der Waals surface area contributed by atoms with E-state index in [-0.39, 0.29) is 24.5 Å². The molecule has 3 nitrogen and oxygen atoms in total. The average molecular weight is 241 g/mol. The first-order valence-electron chi connectivity index (χ1n) is 4.95. The summed E-state index contributed by atoms with van der Waals surface area (Å²) in [4.78, 5) is 22.2. The Morgan fingerprint density at radius 1 is 1.38 bits per heavy atom. The quantitative estimate of drug-likeness (QED) is 0.635. The summed E-state index contributed by atoms with van der Waals surface area (Å²) in [5.74, 6) is -0.673. The molecule has 0 radical (unpaired) electrons. The van der Waals surface area contributed by atoms with Gasteiger partial charge >= 0.3 is 5.97 Å². The standard InChI is InChI=1S/C12H13ClO3/c1-8-2-3-9(11(14)4-5-13)6-10(8)7-12(15)16/h2-3,6H,4-5,7H2,1H3,(H,15,16). The van der Waals surface area contributed by atoms with Crippen LogP contribution in [0.3, 0.4) is 0 Å². The lowest BCUT2D eigenvalue weighted by atomic mass is 9.99. The van der Waals surface area contributed by atoms with E-state index in [9.17, 15) is 9.59 Å². The van der Waals surface area contributed by atoms with Crippen molar-refractivity contribution in [3.05, 3.63) is 34.9 Å². The Bertz CT molecular complexity index is 413. The molecular formula is C12H13ClO3. The van der Waals surface area contributed by atoms with Crippen molar-refractivity contribution in [1.82, 2.24) is 0 Å². The summed E-state index contributed by atoms with van der Waals surface area (Å²) in [7, 11) is 0. The minimum Gasteiger partial charge on any atom is -0.481 e. The number of benzene rings is 1. The Balaban J connectivity index is 2.97. The molecule has 0 saturated heterocycles. The second-order valence-electron chi connectivity index (χ2n) is 3.57. The van der Waals surface area contributed by atoms with Gasteiger partial charge in [-0.2, -0.15) is 0 Å². The maximum atomic E-state index is 11.6. The maximum Gasteiger partial charge on any atom is 0.307 e. The molecule has 0 spiro atoms. The number of rotatable bonds is 5. The van der Waals surface area contributed by atoms with Crippen LogP contribution in [0.1, 0.15) is 27.9 Å². The van der Waals surface area contributed by atoms with Crippen LogP contribution in [-0.4, -0.2) is 22.7 Å². The molecule has 0 heterocycles. The third kappa shape index (κ3) is 3.35. The smallest absolute Gasteiger partial charge is 0.307 e. The highest BCUT2D eigenvalue weighted by atomic mass is 35.5. The van der Waals surface area contributed by atoms with Crippen LogP contribution in [-0.2, 0) is 11.2 Å². The van der Waals surface area contributed by atoms with Crippen LogP contribution in [0.15, 0.2) is 18.2 Å². The van der Waals surface area contributed by atoms with Crippen LogP contribution in [0.4, 0.5) is 0 Å².